The summed E-state index contributed by atoms with van der Waals surface area (Å²) in [5.74, 6) is -1.98. The molecule has 0 atom stereocenters. The van der Waals surface area contributed by atoms with E-state index in [0.29, 0.717) is 27.4 Å². The fraction of sp³-hybridized carbons (Fsp3) is 0.318. The number of aromatic nitrogens is 3. The van der Waals surface area contributed by atoms with E-state index >= 15 is 0 Å². The first-order valence-electron chi connectivity index (χ1n) is 10.4. The Morgan fingerprint density at radius 3 is 2.62 bits per heavy atom. The molecule has 0 aliphatic carbocycles. The number of rotatable bonds is 11. The largest absolute Gasteiger partial charge is 0.481 e. The van der Waals surface area contributed by atoms with Gasteiger partial charge in [-0.05, 0) is 36.7 Å². The van der Waals surface area contributed by atoms with Crippen LogP contribution in [0.3, 0.4) is 0 Å². The summed E-state index contributed by atoms with van der Waals surface area (Å²) >= 11 is 2.33. The minimum atomic E-state index is -1.05. The van der Waals surface area contributed by atoms with Crippen LogP contribution in [0.2, 0.25) is 0 Å². The molecule has 0 radical (unpaired) electrons. The highest BCUT2D eigenvalue weighted by Crippen LogP contribution is 2.36. The van der Waals surface area contributed by atoms with Crippen LogP contribution in [0.1, 0.15) is 31.5 Å². The maximum Gasteiger partial charge on any atom is 0.309 e. The number of carboxylic acids is 1. The number of H-pyrrole nitrogens is 1. The average molecular weight is 504 g/mol. The predicted octanol–water partition coefficient (Wildman–Crippen LogP) is 3.90. The van der Waals surface area contributed by atoms with Gasteiger partial charge in [0.25, 0.3) is 5.91 Å². The minimum absolute atomic E-state index is 0.183. The van der Waals surface area contributed by atoms with Crippen molar-refractivity contribution in [2.45, 2.75) is 43.0 Å². The van der Waals surface area contributed by atoms with E-state index in [1.807, 2.05) is 32.9 Å². The zero-order valence-electron chi connectivity index (χ0n) is 18.9. The van der Waals surface area contributed by atoms with E-state index in [1.54, 1.807) is 24.5 Å². The zero-order chi connectivity index (χ0) is 24.7. The molecule has 0 fully saturated rings. The van der Waals surface area contributed by atoms with Crippen molar-refractivity contribution in [3.05, 3.63) is 47.9 Å². The van der Waals surface area contributed by atoms with Gasteiger partial charge < -0.3 is 15.4 Å². The van der Waals surface area contributed by atoms with Crippen molar-refractivity contribution in [2.24, 2.45) is 5.92 Å². The number of thiazole rings is 1. The smallest absolute Gasteiger partial charge is 0.309 e. The number of hydrogen-bond acceptors (Lipinski definition) is 8. The van der Waals surface area contributed by atoms with Gasteiger partial charge in [0, 0.05) is 12.4 Å². The van der Waals surface area contributed by atoms with Gasteiger partial charge in [0.05, 0.1) is 28.6 Å². The molecule has 12 heteroatoms. The van der Waals surface area contributed by atoms with Gasteiger partial charge in [-0.2, -0.15) is 5.06 Å². The summed E-state index contributed by atoms with van der Waals surface area (Å²) in [6, 6.07) is 7.21. The molecule has 10 nitrogen and oxygen atoms in total. The van der Waals surface area contributed by atoms with E-state index in [9.17, 15) is 19.5 Å². The first-order chi connectivity index (χ1) is 16.2. The van der Waals surface area contributed by atoms with Crippen LogP contribution < -0.4 is 10.4 Å². The second kappa shape index (κ2) is 11.8. The van der Waals surface area contributed by atoms with Gasteiger partial charge in [-0.1, -0.05) is 42.9 Å². The number of aryl methyl sites for hydroxylation is 1. The van der Waals surface area contributed by atoms with Crippen LogP contribution in [0.4, 0.5) is 10.8 Å². The number of carbonyl (C=O) groups is 3. The topological polar surface area (TPSA) is 138 Å². The summed E-state index contributed by atoms with van der Waals surface area (Å²) in [5.41, 5.74) is 1.86. The number of aromatic amines is 1. The number of aliphatic carboxylic acids is 1. The van der Waals surface area contributed by atoms with E-state index in [0.717, 1.165) is 22.0 Å². The van der Waals surface area contributed by atoms with Crippen LogP contribution in [0.25, 0.3) is 0 Å². The van der Waals surface area contributed by atoms with Crippen LogP contribution in [-0.2, 0) is 25.6 Å². The molecule has 2 heterocycles. The third-order valence-electron chi connectivity index (χ3n) is 4.23. The molecule has 1 aromatic carbocycles. The van der Waals surface area contributed by atoms with Crippen LogP contribution >= 0.6 is 23.1 Å². The summed E-state index contributed by atoms with van der Waals surface area (Å²) in [4.78, 5) is 53.7. The molecule has 0 aliphatic heterocycles. The Kier molecular flexibility index (Phi) is 8.79. The molecule has 0 bridgehead atoms. The van der Waals surface area contributed by atoms with Gasteiger partial charge in [-0.3, -0.25) is 19.2 Å². The van der Waals surface area contributed by atoms with Crippen LogP contribution in [-0.4, -0.2) is 44.4 Å². The number of anilines is 2. The number of carboxylic acid groups (broad SMARTS) is 1. The number of hydrogen-bond donors (Lipinski definition) is 3. The van der Waals surface area contributed by atoms with Crippen LogP contribution in [0.5, 0.6) is 0 Å². The molecule has 3 aromatic rings. The summed E-state index contributed by atoms with van der Waals surface area (Å²) in [7, 11) is 0. The number of nitrogens with zero attached hydrogens (tertiary/aromatic N) is 3. The lowest BCUT2D eigenvalue weighted by Gasteiger charge is -2.23. The Labute approximate surface area is 204 Å². The fourth-order valence-electron chi connectivity index (χ4n) is 2.69. The molecular formula is C22H25N5O5S2. The van der Waals surface area contributed by atoms with Gasteiger partial charge in [-0.25, -0.2) is 9.97 Å². The van der Waals surface area contributed by atoms with Gasteiger partial charge in [-0.15, -0.1) is 0 Å². The first-order valence-corrected chi connectivity index (χ1v) is 12.1. The highest BCUT2D eigenvalue weighted by atomic mass is 32.2. The predicted molar refractivity (Wildman–Crippen MR) is 129 cm³/mol. The molecule has 0 saturated heterocycles. The molecular weight excluding hydrogens is 478 g/mol. The van der Waals surface area contributed by atoms with Crippen molar-refractivity contribution in [3.63, 3.8) is 0 Å². The molecule has 0 aliphatic rings. The molecule has 3 rings (SSSR count). The zero-order valence-corrected chi connectivity index (χ0v) is 20.5. The third kappa shape index (κ3) is 7.40. The van der Waals surface area contributed by atoms with Crippen molar-refractivity contribution in [1.82, 2.24) is 15.0 Å². The number of benzene rings is 1. The highest BCUT2D eigenvalue weighted by Gasteiger charge is 2.23. The molecule has 0 spiro atoms. The lowest BCUT2D eigenvalue weighted by Crippen LogP contribution is -2.35. The van der Waals surface area contributed by atoms with Crippen molar-refractivity contribution < 1.29 is 24.3 Å². The molecule has 0 saturated carbocycles. The van der Waals surface area contributed by atoms with Gasteiger partial charge >= 0.3 is 5.97 Å². The Hall–Kier alpha value is -3.22. The summed E-state index contributed by atoms with van der Waals surface area (Å²) in [6.45, 7) is 6.16. The highest BCUT2D eigenvalue weighted by molar-refractivity contribution is 8.01. The quantitative estimate of drug-likeness (QED) is 0.265. The van der Waals surface area contributed by atoms with Crippen LogP contribution in [0.15, 0.2) is 46.0 Å². The number of nitrogens with one attached hydrogen (secondary N) is 2. The number of carbonyl (C=O) groups excluding carboxylic acids is 2. The van der Waals surface area contributed by atoms with E-state index in [-0.39, 0.29) is 17.5 Å². The first kappa shape index (κ1) is 25.4. The van der Waals surface area contributed by atoms with Crippen molar-refractivity contribution in [2.75, 3.05) is 17.0 Å². The summed E-state index contributed by atoms with van der Waals surface area (Å²) in [5, 5.41) is 13.7. The van der Waals surface area contributed by atoms with Gasteiger partial charge in [0.15, 0.2) is 10.3 Å². The molecule has 180 valence electrons. The number of imidazole rings is 1. The Morgan fingerprint density at radius 1 is 1.26 bits per heavy atom. The maximum atomic E-state index is 12.9. The molecule has 0 unspecified atom stereocenters. The summed E-state index contributed by atoms with van der Waals surface area (Å²) < 4.78 is 0.584. The lowest BCUT2D eigenvalue weighted by atomic mass is 10.2. The lowest BCUT2D eigenvalue weighted by molar-refractivity contribution is -0.136. The van der Waals surface area contributed by atoms with E-state index in [2.05, 4.69) is 20.3 Å². The average Bonchev–Trinajstić information content (AvgIpc) is 3.39. The monoisotopic (exact) mass is 503 g/mol. The molecule has 2 aromatic heterocycles. The standard InChI is InChI=1S/C22H25N5O5S2/c1-13(2)12-32-27(15-6-4-14(3)5-7-15)18(29)11-17(28)26-22-25-16(10-19(30)31)20(34-22)33-21-23-8-9-24-21/h4-9,13H,10-12H2,1-3H3,(H,23,24)(H,30,31)(H,25,26,28). The molecule has 3 N–H and O–H groups in total. The Balaban J connectivity index is 1.71. The molecule has 34 heavy (non-hydrogen) atoms. The SMILES string of the molecule is Cc1ccc(N(OCC(C)C)C(=O)CC(=O)Nc2nc(CC(=O)O)c(Sc3ncc[nH]3)s2)cc1. The Morgan fingerprint density at radius 2 is 2.00 bits per heavy atom. The summed E-state index contributed by atoms with van der Waals surface area (Å²) in [6.07, 6.45) is 2.45. The van der Waals surface area contributed by atoms with Crippen molar-refractivity contribution in [3.8, 4) is 0 Å². The normalized spacial score (nSPS) is 10.9. The second-order valence-corrected chi connectivity index (χ2v) is 10.0. The van der Waals surface area contributed by atoms with Crippen molar-refractivity contribution >= 4 is 51.7 Å². The Bertz CT molecular complexity index is 1130. The van der Waals surface area contributed by atoms with Crippen LogP contribution in [0, 0.1) is 12.8 Å². The third-order valence-corrected chi connectivity index (χ3v) is 6.38. The second-order valence-electron chi connectivity index (χ2n) is 7.76. The fourth-order valence-corrected chi connectivity index (χ4v) is 4.71. The van der Waals surface area contributed by atoms with Gasteiger partial charge in [0.2, 0.25) is 5.91 Å². The maximum absolute atomic E-state index is 12.9. The van der Waals surface area contributed by atoms with E-state index < -0.39 is 24.2 Å². The number of hydroxylamine groups is 1. The van der Waals surface area contributed by atoms with E-state index in [1.165, 1.54) is 11.8 Å². The minimum Gasteiger partial charge on any atom is -0.481 e. The molecule has 2 amide bonds. The van der Waals surface area contributed by atoms with E-state index in [4.69, 9.17) is 4.84 Å². The van der Waals surface area contributed by atoms with Gasteiger partial charge in [0.1, 0.15) is 6.42 Å². The number of amides is 2. The van der Waals surface area contributed by atoms with Crippen molar-refractivity contribution in [1.29, 1.82) is 0 Å².